The lowest BCUT2D eigenvalue weighted by molar-refractivity contribution is -0.132. The summed E-state index contributed by atoms with van der Waals surface area (Å²) in [6.07, 6.45) is 1.46. The van der Waals surface area contributed by atoms with Crippen LogP contribution in [0.4, 0.5) is 0 Å². The molecule has 0 radical (unpaired) electrons. The lowest BCUT2D eigenvalue weighted by Crippen LogP contribution is -2.18. The van der Waals surface area contributed by atoms with Crippen LogP contribution in [0.2, 0.25) is 0 Å². The molecule has 0 bridgehead atoms. The zero-order chi connectivity index (χ0) is 31.2. The molecular formula is C33H26IN3O7. The highest BCUT2D eigenvalue weighted by atomic mass is 127. The summed E-state index contributed by atoms with van der Waals surface area (Å²) in [6.45, 7) is 1.27. The van der Waals surface area contributed by atoms with Crippen LogP contribution in [0.5, 0.6) is 23.0 Å². The molecule has 0 aliphatic rings. The minimum atomic E-state index is -0.674. The van der Waals surface area contributed by atoms with Crippen LogP contribution in [-0.4, -0.2) is 43.3 Å². The molecule has 5 rings (SSSR count). The molecule has 0 saturated heterocycles. The van der Waals surface area contributed by atoms with Crippen molar-refractivity contribution in [1.82, 2.24) is 10.4 Å². The first-order valence-corrected chi connectivity index (χ1v) is 14.3. The number of para-hydroxylation sites is 1. The molecule has 0 aliphatic carbocycles. The van der Waals surface area contributed by atoms with E-state index in [0.29, 0.717) is 11.3 Å². The van der Waals surface area contributed by atoms with E-state index in [1.54, 1.807) is 18.2 Å². The smallest absolute Gasteiger partial charge is 0.343 e. The van der Waals surface area contributed by atoms with Gasteiger partial charge in [0.2, 0.25) is 0 Å². The molecule has 2 N–H and O–H groups in total. The second-order valence-corrected chi connectivity index (χ2v) is 10.5. The van der Waals surface area contributed by atoms with E-state index >= 15 is 0 Å². The number of ether oxygens (including phenoxy) is 4. The van der Waals surface area contributed by atoms with Gasteiger partial charge >= 0.3 is 11.9 Å². The van der Waals surface area contributed by atoms with E-state index in [4.69, 9.17) is 18.9 Å². The number of aromatic amines is 1. The van der Waals surface area contributed by atoms with Crippen molar-refractivity contribution in [3.8, 4) is 34.1 Å². The first-order valence-electron chi connectivity index (χ1n) is 13.2. The van der Waals surface area contributed by atoms with Crippen molar-refractivity contribution in [2.45, 2.75) is 6.92 Å². The zero-order valence-electron chi connectivity index (χ0n) is 23.8. The fourth-order valence-corrected chi connectivity index (χ4v) is 5.15. The molecule has 1 aromatic heterocycles. The third-order valence-electron chi connectivity index (χ3n) is 6.50. The Bertz CT molecular complexity index is 1900. The largest absolute Gasteiger partial charge is 0.493 e. The van der Waals surface area contributed by atoms with Gasteiger partial charge in [-0.3, -0.25) is 9.59 Å². The molecule has 5 aromatic rings. The van der Waals surface area contributed by atoms with E-state index in [-0.39, 0.29) is 28.6 Å². The van der Waals surface area contributed by atoms with Crippen LogP contribution in [0.25, 0.3) is 22.0 Å². The van der Waals surface area contributed by atoms with Crippen LogP contribution < -0.4 is 24.4 Å². The number of hydrazone groups is 1. The highest BCUT2D eigenvalue weighted by molar-refractivity contribution is 14.1. The number of nitrogens with one attached hydrogen (secondary N) is 2. The third-order valence-corrected chi connectivity index (χ3v) is 7.39. The minimum Gasteiger partial charge on any atom is -0.493 e. The van der Waals surface area contributed by atoms with E-state index in [2.05, 4.69) is 38.1 Å². The maximum Gasteiger partial charge on any atom is 0.343 e. The van der Waals surface area contributed by atoms with Gasteiger partial charge in [-0.25, -0.2) is 10.2 Å². The van der Waals surface area contributed by atoms with E-state index in [0.717, 1.165) is 25.6 Å². The quantitative estimate of drug-likeness (QED) is 0.0601. The van der Waals surface area contributed by atoms with Crippen molar-refractivity contribution in [2.24, 2.45) is 5.10 Å². The second-order valence-electron chi connectivity index (χ2n) is 9.36. The van der Waals surface area contributed by atoms with Crippen LogP contribution >= 0.6 is 22.6 Å². The van der Waals surface area contributed by atoms with Crippen molar-refractivity contribution < 1.29 is 33.3 Å². The van der Waals surface area contributed by atoms with E-state index in [9.17, 15) is 14.4 Å². The number of carbonyl (C=O) groups is 3. The number of rotatable bonds is 9. The van der Waals surface area contributed by atoms with Gasteiger partial charge in [-0.2, -0.15) is 5.10 Å². The minimum absolute atomic E-state index is 0.168. The van der Waals surface area contributed by atoms with Crippen molar-refractivity contribution in [2.75, 3.05) is 14.2 Å². The highest BCUT2D eigenvalue weighted by Gasteiger charge is 2.20. The number of esters is 2. The van der Waals surface area contributed by atoms with E-state index in [1.165, 1.54) is 45.6 Å². The van der Waals surface area contributed by atoms with Crippen LogP contribution in [0, 0.1) is 3.57 Å². The number of H-pyrrole nitrogens is 1. The summed E-state index contributed by atoms with van der Waals surface area (Å²) < 4.78 is 22.3. The number of benzene rings is 4. The van der Waals surface area contributed by atoms with Crippen molar-refractivity contribution in [3.63, 3.8) is 0 Å². The molecular weight excluding hydrogens is 677 g/mol. The van der Waals surface area contributed by atoms with Crippen molar-refractivity contribution in [3.05, 3.63) is 105 Å². The summed E-state index contributed by atoms with van der Waals surface area (Å²) in [7, 11) is 2.83. The normalized spacial score (nSPS) is 10.9. The molecule has 4 aromatic carbocycles. The molecule has 0 saturated carbocycles. The Morgan fingerprint density at radius 1 is 0.818 bits per heavy atom. The van der Waals surface area contributed by atoms with Gasteiger partial charge in [-0.05, 0) is 76.2 Å². The molecule has 1 heterocycles. The molecule has 0 atom stereocenters. The number of methoxy groups -OCH3 is 2. The van der Waals surface area contributed by atoms with E-state index in [1.807, 2.05) is 48.5 Å². The van der Waals surface area contributed by atoms with Gasteiger partial charge in [0.25, 0.3) is 5.91 Å². The molecule has 0 unspecified atom stereocenters. The Hall–Kier alpha value is -5.17. The Kier molecular flexibility index (Phi) is 9.24. The standard InChI is InChI=1S/C33H26IN3O7/c1-19(38)43-25-15-13-22(17-28(25)42-3)33(40)44-26-14-12-20(16-27(26)41-2)18-35-37-32(39)31-29(21-8-5-4-6-9-21)23-10-7-11-24(34)30(23)36-31/h4-18,36H,1-3H3,(H,37,39). The Labute approximate surface area is 266 Å². The highest BCUT2D eigenvalue weighted by Crippen LogP contribution is 2.35. The number of nitrogens with zero attached hydrogens (tertiary/aromatic N) is 1. The topological polar surface area (TPSA) is 128 Å². The lowest BCUT2D eigenvalue weighted by Gasteiger charge is -2.12. The summed E-state index contributed by atoms with van der Waals surface area (Å²) in [6, 6.07) is 24.7. The van der Waals surface area contributed by atoms with Gasteiger partial charge in [-0.15, -0.1) is 0 Å². The maximum atomic E-state index is 13.3. The molecule has 0 aliphatic heterocycles. The van der Waals surface area contributed by atoms with Gasteiger partial charge in [0.1, 0.15) is 5.69 Å². The Morgan fingerprint density at radius 2 is 1.52 bits per heavy atom. The number of amides is 1. The predicted molar refractivity (Wildman–Crippen MR) is 174 cm³/mol. The molecule has 44 heavy (non-hydrogen) atoms. The first-order chi connectivity index (χ1) is 21.3. The van der Waals surface area contributed by atoms with Crippen molar-refractivity contribution in [1.29, 1.82) is 0 Å². The fraction of sp³-hybridized carbons (Fsp3) is 0.0909. The van der Waals surface area contributed by atoms with Gasteiger partial charge in [0, 0.05) is 21.4 Å². The Balaban J connectivity index is 1.32. The summed E-state index contributed by atoms with van der Waals surface area (Å²) in [5.74, 6) is -0.771. The number of carbonyl (C=O) groups excluding carboxylic acids is 3. The lowest BCUT2D eigenvalue weighted by atomic mass is 10.0. The number of hydrogen-bond donors (Lipinski definition) is 2. The van der Waals surface area contributed by atoms with Crippen LogP contribution in [0.15, 0.2) is 90.0 Å². The number of fused-ring (bicyclic) bond motifs is 1. The molecule has 1 amide bonds. The number of halogens is 1. The van der Waals surface area contributed by atoms with Crippen molar-refractivity contribution >= 4 is 57.6 Å². The third kappa shape index (κ3) is 6.57. The maximum absolute atomic E-state index is 13.3. The van der Waals surface area contributed by atoms with E-state index < -0.39 is 17.8 Å². The molecule has 222 valence electrons. The summed E-state index contributed by atoms with van der Waals surface area (Å²) in [4.78, 5) is 40.7. The second kappa shape index (κ2) is 13.4. The summed E-state index contributed by atoms with van der Waals surface area (Å²) in [5, 5.41) is 5.08. The predicted octanol–water partition coefficient (Wildman–Crippen LogP) is 6.37. The van der Waals surface area contributed by atoms with Crippen LogP contribution in [0.3, 0.4) is 0 Å². The molecule has 11 heteroatoms. The number of hydrogen-bond acceptors (Lipinski definition) is 8. The summed E-state index contributed by atoms with van der Waals surface area (Å²) in [5.41, 5.74) is 6.32. The van der Waals surface area contributed by atoms with Gasteiger partial charge in [0.05, 0.1) is 31.5 Å². The fourth-order valence-electron chi connectivity index (χ4n) is 4.52. The molecule has 0 spiro atoms. The average Bonchev–Trinajstić information content (AvgIpc) is 3.43. The van der Waals surface area contributed by atoms with Gasteiger partial charge < -0.3 is 23.9 Å². The van der Waals surface area contributed by atoms with Gasteiger partial charge in [-0.1, -0.05) is 42.5 Å². The average molecular weight is 703 g/mol. The number of aromatic nitrogens is 1. The van der Waals surface area contributed by atoms with Crippen LogP contribution in [0.1, 0.15) is 33.3 Å². The monoisotopic (exact) mass is 703 g/mol. The SMILES string of the molecule is COc1cc(C(=O)Oc2ccc(C=NNC(=O)c3[nH]c4c(I)cccc4c3-c3ccccc3)cc2OC)ccc1OC(C)=O. The van der Waals surface area contributed by atoms with Gasteiger partial charge in [0.15, 0.2) is 23.0 Å². The molecule has 10 nitrogen and oxygen atoms in total. The zero-order valence-corrected chi connectivity index (χ0v) is 26.0. The molecule has 0 fully saturated rings. The first kappa shape index (κ1) is 30.3. The van der Waals surface area contributed by atoms with Crippen LogP contribution in [-0.2, 0) is 4.79 Å². The Morgan fingerprint density at radius 3 is 2.25 bits per heavy atom. The summed E-state index contributed by atoms with van der Waals surface area (Å²) >= 11 is 2.24.